The van der Waals surface area contributed by atoms with E-state index in [0.717, 1.165) is 24.2 Å². The molecule has 0 radical (unpaired) electrons. The van der Waals surface area contributed by atoms with Crippen molar-refractivity contribution in [2.75, 3.05) is 0 Å². The molecule has 0 N–H and O–H groups in total. The third-order valence-electron chi connectivity index (χ3n) is 3.76. The van der Waals surface area contributed by atoms with Crippen molar-refractivity contribution in [1.29, 1.82) is 5.26 Å². The van der Waals surface area contributed by atoms with Gasteiger partial charge in [-0.05, 0) is 43.9 Å². The molecule has 0 amide bonds. The van der Waals surface area contributed by atoms with Crippen LogP contribution in [0.25, 0.3) is 6.08 Å². The molecule has 120 valence electrons. The van der Waals surface area contributed by atoms with Crippen LogP contribution in [0.1, 0.15) is 50.6 Å². The lowest BCUT2D eigenvalue weighted by molar-refractivity contribution is -0.144. The van der Waals surface area contributed by atoms with E-state index in [1.165, 1.54) is 11.8 Å². The van der Waals surface area contributed by atoms with E-state index in [-0.39, 0.29) is 18.4 Å². The second kappa shape index (κ2) is 8.43. The fourth-order valence-corrected chi connectivity index (χ4v) is 2.41. The summed E-state index contributed by atoms with van der Waals surface area (Å²) in [4.78, 5) is 11.9. The molecule has 4 heteroatoms. The van der Waals surface area contributed by atoms with Gasteiger partial charge in [-0.25, -0.2) is 4.79 Å². The van der Waals surface area contributed by atoms with Crippen molar-refractivity contribution in [2.45, 2.75) is 60.1 Å². The summed E-state index contributed by atoms with van der Waals surface area (Å²) in [5.41, 5.74) is 3.38. The molecule has 4 nitrogen and oxygen atoms in total. The average Bonchev–Trinajstić information content (AvgIpc) is 2.72. The molecule has 1 unspecified atom stereocenters. The zero-order valence-electron chi connectivity index (χ0n) is 14.2. The van der Waals surface area contributed by atoms with E-state index in [4.69, 9.17) is 10.00 Å². The van der Waals surface area contributed by atoms with Crippen molar-refractivity contribution in [1.82, 2.24) is 4.57 Å². The van der Waals surface area contributed by atoms with E-state index in [0.29, 0.717) is 0 Å². The third-order valence-corrected chi connectivity index (χ3v) is 3.76. The monoisotopic (exact) mass is 302 g/mol. The zero-order chi connectivity index (χ0) is 16.7. The van der Waals surface area contributed by atoms with Gasteiger partial charge < -0.3 is 9.30 Å². The van der Waals surface area contributed by atoms with Gasteiger partial charge in [-0.3, -0.25) is 0 Å². The lowest BCUT2D eigenvalue weighted by Gasteiger charge is -2.17. The van der Waals surface area contributed by atoms with Crippen LogP contribution in [0.5, 0.6) is 0 Å². The minimum atomic E-state index is -0.394. The average molecular weight is 302 g/mol. The van der Waals surface area contributed by atoms with E-state index in [1.54, 1.807) is 6.08 Å². The predicted molar refractivity (Wildman–Crippen MR) is 88.2 cm³/mol. The van der Waals surface area contributed by atoms with Crippen LogP contribution in [-0.4, -0.2) is 16.6 Å². The molecule has 0 aromatic carbocycles. The van der Waals surface area contributed by atoms with Gasteiger partial charge in [0.25, 0.3) is 0 Å². The quantitative estimate of drug-likeness (QED) is 0.565. The molecule has 1 rings (SSSR count). The zero-order valence-corrected chi connectivity index (χ0v) is 14.2. The normalized spacial score (nSPS) is 12.6. The molecule has 0 bridgehead atoms. The fraction of sp³-hybridized carbons (Fsp3) is 0.556. The number of aromatic nitrogens is 1. The molecule has 1 heterocycles. The number of esters is 1. The van der Waals surface area contributed by atoms with Crippen molar-refractivity contribution in [3.8, 4) is 6.07 Å². The molecule has 0 saturated carbocycles. The van der Waals surface area contributed by atoms with Crippen LogP contribution in [0.4, 0.5) is 0 Å². The lowest BCUT2D eigenvalue weighted by atomic mass is 10.1. The first-order chi connectivity index (χ1) is 10.4. The molecule has 0 aliphatic rings. The highest BCUT2D eigenvalue weighted by atomic mass is 16.5. The SMILES string of the molecule is CCCn1c(C)cc(C=CC(=O)OC(CC#N)C(C)C)c1C. The van der Waals surface area contributed by atoms with Gasteiger partial charge >= 0.3 is 5.97 Å². The number of nitrogens with zero attached hydrogens (tertiary/aromatic N) is 2. The molecule has 0 spiro atoms. The van der Waals surface area contributed by atoms with Crippen LogP contribution in [0.3, 0.4) is 0 Å². The van der Waals surface area contributed by atoms with Gasteiger partial charge in [0, 0.05) is 24.0 Å². The first-order valence-electron chi connectivity index (χ1n) is 7.83. The van der Waals surface area contributed by atoms with Gasteiger partial charge in [0.15, 0.2) is 0 Å². The fourth-order valence-electron chi connectivity index (χ4n) is 2.41. The number of hydrogen-bond acceptors (Lipinski definition) is 3. The Labute approximate surface area is 133 Å². The molecular weight excluding hydrogens is 276 g/mol. The van der Waals surface area contributed by atoms with E-state index >= 15 is 0 Å². The third kappa shape index (κ3) is 4.77. The lowest BCUT2D eigenvalue weighted by Crippen LogP contribution is -2.22. The first kappa shape index (κ1) is 18.0. The van der Waals surface area contributed by atoms with Crippen LogP contribution < -0.4 is 0 Å². The molecule has 1 aromatic heterocycles. The Morgan fingerprint density at radius 2 is 2.14 bits per heavy atom. The van der Waals surface area contributed by atoms with Gasteiger partial charge in [0.1, 0.15) is 6.10 Å². The minimum Gasteiger partial charge on any atom is -0.458 e. The number of aryl methyl sites for hydroxylation is 1. The second-order valence-corrected chi connectivity index (χ2v) is 5.89. The van der Waals surface area contributed by atoms with Crippen LogP contribution in [-0.2, 0) is 16.1 Å². The minimum absolute atomic E-state index is 0.131. The summed E-state index contributed by atoms with van der Waals surface area (Å²) in [6, 6.07) is 4.13. The van der Waals surface area contributed by atoms with E-state index < -0.39 is 5.97 Å². The maximum absolute atomic E-state index is 11.9. The summed E-state index contributed by atoms with van der Waals surface area (Å²) in [5.74, 6) is -0.263. The Morgan fingerprint density at radius 3 is 2.68 bits per heavy atom. The van der Waals surface area contributed by atoms with Crippen LogP contribution in [0.2, 0.25) is 0 Å². The van der Waals surface area contributed by atoms with Gasteiger partial charge in [-0.15, -0.1) is 0 Å². The van der Waals surface area contributed by atoms with Crippen LogP contribution in [0, 0.1) is 31.1 Å². The van der Waals surface area contributed by atoms with Gasteiger partial charge in [-0.1, -0.05) is 20.8 Å². The maximum Gasteiger partial charge on any atom is 0.331 e. The maximum atomic E-state index is 11.9. The Balaban J connectivity index is 2.78. The van der Waals surface area contributed by atoms with Gasteiger partial charge in [-0.2, -0.15) is 5.26 Å². The summed E-state index contributed by atoms with van der Waals surface area (Å²) in [6.45, 7) is 11.1. The number of rotatable bonds is 7. The Morgan fingerprint density at radius 1 is 1.45 bits per heavy atom. The summed E-state index contributed by atoms with van der Waals surface area (Å²) in [5, 5.41) is 8.76. The van der Waals surface area contributed by atoms with Gasteiger partial charge in [0.2, 0.25) is 0 Å². The van der Waals surface area contributed by atoms with Crippen LogP contribution in [0.15, 0.2) is 12.1 Å². The largest absolute Gasteiger partial charge is 0.458 e. The highest BCUT2D eigenvalue weighted by Crippen LogP contribution is 2.17. The standard InChI is InChI=1S/C18H26N2O2/c1-6-11-20-14(4)12-16(15(20)5)7-8-18(21)22-17(9-10-19)13(2)3/h7-8,12-13,17H,6,9,11H2,1-5H3. The highest BCUT2D eigenvalue weighted by molar-refractivity contribution is 5.87. The highest BCUT2D eigenvalue weighted by Gasteiger charge is 2.16. The van der Waals surface area contributed by atoms with Crippen molar-refractivity contribution < 1.29 is 9.53 Å². The smallest absolute Gasteiger partial charge is 0.331 e. The Kier molecular flexibility index (Phi) is 6.91. The number of carbonyl (C=O) groups is 1. The topological polar surface area (TPSA) is 55.0 Å². The van der Waals surface area contributed by atoms with Crippen molar-refractivity contribution in [3.63, 3.8) is 0 Å². The summed E-state index contributed by atoms with van der Waals surface area (Å²) in [6.07, 6.45) is 4.19. The predicted octanol–water partition coefficient (Wildman–Crippen LogP) is 4.01. The molecule has 1 aromatic rings. The van der Waals surface area contributed by atoms with Crippen molar-refractivity contribution in [3.05, 3.63) is 29.1 Å². The molecule has 0 aliphatic heterocycles. The molecule has 0 aliphatic carbocycles. The molecule has 22 heavy (non-hydrogen) atoms. The number of ether oxygens (including phenoxy) is 1. The van der Waals surface area contributed by atoms with E-state index in [9.17, 15) is 4.79 Å². The van der Waals surface area contributed by atoms with Gasteiger partial charge in [0.05, 0.1) is 12.5 Å². The van der Waals surface area contributed by atoms with Crippen LogP contribution >= 0.6 is 0 Å². The second-order valence-electron chi connectivity index (χ2n) is 5.89. The summed E-state index contributed by atoms with van der Waals surface area (Å²) >= 11 is 0. The number of nitriles is 1. The van der Waals surface area contributed by atoms with E-state index in [2.05, 4.69) is 37.5 Å². The Bertz CT molecular complexity index is 577. The summed E-state index contributed by atoms with van der Waals surface area (Å²) < 4.78 is 7.59. The molecule has 0 saturated heterocycles. The molecule has 0 fully saturated rings. The van der Waals surface area contributed by atoms with Crippen molar-refractivity contribution >= 4 is 12.0 Å². The van der Waals surface area contributed by atoms with E-state index in [1.807, 2.05) is 13.8 Å². The number of hydrogen-bond donors (Lipinski definition) is 0. The van der Waals surface area contributed by atoms with Crippen molar-refractivity contribution in [2.24, 2.45) is 5.92 Å². The Hall–Kier alpha value is -2.02. The molecule has 1 atom stereocenters. The molecular formula is C18H26N2O2. The number of carbonyl (C=O) groups excluding carboxylic acids is 1. The summed E-state index contributed by atoms with van der Waals surface area (Å²) in [7, 11) is 0. The first-order valence-corrected chi connectivity index (χ1v) is 7.83.